The number of nitrogens with one attached hydrogen (secondary N) is 2. The van der Waals surface area contributed by atoms with Crippen LogP contribution in [0.25, 0.3) is 0 Å². The Balaban J connectivity index is 1.95. The zero-order chi connectivity index (χ0) is 17.6. The predicted molar refractivity (Wildman–Crippen MR) is 94.5 cm³/mol. The second-order valence-electron chi connectivity index (χ2n) is 6.13. The average molecular weight is 337 g/mol. The molecule has 0 bridgehead atoms. The second kappa shape index (κ2) is 12.5. The normalized spacial score (nSPS) is 10.6. The van der Waals surface area contributed by atoms with Crippen LogP contribution in [0.1, 0.15) is 71.1 Å². The highest BCUT2D eigenvalue weighted by molar-refractivity contribution is 6.39. The molecule has 2 N–H and O–H groups in total. The molecule has 0 saturated carbocycles. The Labute approximate surface area is 144 Å². The standard InChI is InChI=1S/C17H31N5O2/c1-3-4-5-6-7-8-9-10-11-12-13-18-15(23)16(24)20-17-19-14-22(2)21-17/h14H,3-13H2,1-2H3,(H,18,23)(H,20,21,24). The molecule has 0 radical (unpaired) electrons. The Hall–Kier alpha value is -1.92. The van der Waals surface area contributed by atoms with Crippen LogP contribution in [0.5, 0.6) is 0 Å². The predicted octanol–water partition coefficient (Wildman–Crippen LogP) is 2.79. The molecule has 7 nitrogen and oxygen atoms in total. The smallest absolute Gasteiger partial charge is 0.316 e. The fraction of sp³-hybridized carbons (Fsp3) is 0.765. The van der Waals surface area contributed by atoms with Gasteiger partial charge in [0.25, 0.3) is 0 Å². The summed E-state index contributed by atoms with van der Waals surface area (Å²) in [5.74, 6) is -1.23. The first-order valence-corrected chi connectivity index (χ1v) is 9.08. The van der Waals surface area contributed by atoms with Crippen molar-refractivity contribution >= 4 is 17.8 Å². The van der Waals surface area contributed by atoms with Crippen LogP contribution in [-0.4, -0.2) is 33.1 Å². The molecule has 0 aliphatic carbocycles. The van der Waals surface area contributed by atoms with Crippen LogP contribution in [0.2, 0.25) is 0 Å². The molecule has 136 valence electrons. The number of hydrogen-bond donors (Lipinski definition) is 2. The third-order valence-corrected chi connectivity index (χ3v) is 3.85. The van der Waals surface area contributed by atoms with E-state index in [9.17, 15) is 9.59 Å². The molecule has 0 aromatic carbocycles. The molecule has 0 aliphatic rings. The first kappa shape index (κ1) is 20.1. The van der Waals surface area contributed by atoms with Crippen molar-refractivity contribution < 1.29 is 9.59 Å². The fourth-order valence-corrected chi connectivity index (χ4v) is 2.45. The van der Waals surface area contributed by atoms with Crippen LogP contribution in [-0.2, 0) is 16.6 Å². The van der Waals surface area contributed by atoms with E-state index in [2.05, 4.69) is 27.6 Å². The van der Waals surface area contributed by atoms with Gasteiger partial charge in [-0.05, 0) is 6.42 Å². The molecule has 2 amide bonds. The lowest BCUT2D eigenvalue weighted by molar-refractivity contribution is -0.136. The lowest BCUT2D eigenvalue weighted by Gasteiger charge is -2.05. The highest BCUT2D eigenvalue weighted by Crippen LogP contribution is 2.10. The van der Waals surface area contributed by atoms with E-state index in [0.29, 0.717) is 6.54 Å². The number of nitrogens with zero attached hydrogens (tertiary/aromatic N) is 3. The van der Waals surface area contributed by atoms with Gasteiger partial charge in [0.1, 0.15) is 6.33 Å². The topological polar surface area (TPSA) is 88.9 Å². The summed E-state index contributed by atoms with van der Waals surface area (Å²) in [5.41, 5.74) is 0. The summed E-state index contributed by atoms with van der Waals surface area (Å²) < 4.78 is 1.46. The van der Waals surface area contributed by atoms with Crippen molar-refractivity contribution in [1.82, 2.24) is 20.1 Å². The minimum Gasteiger partial charge on any atom is -0.348 e. The van der Waals surface area contributed by atoms with Crippen LogP contribution in [0.3, 0.4) is 0 Å². The van der Waals surface area contributed by atoms with Crippen LogP contribution in [0.4, 0.5) is 5.95 Å². The lowest BCUT2D eigenvalue weighted by Crippen LogP contribution is -2.36. The van der Waals surface area contributed by atoms with Crippen molar-refractivity contribution in [3.8, 4) is 0 Å². The minimum atomic E-state index is -0.728. The molecule has 7 heteroatoms. The van der Waals surface area contributed by atoms with Crippen LogP contribution < -0.4 is 10.6 Å². The number of unbranched alkanes of at least 4 members (excludes halogenated alkanes) is 9. The van der Waals surface area contributed by atoms with Crippen molar-refractivity contribution in [3.05, 3.63) is 6.33 Å². The molecule has 1 aromatic heterocycles. The second-order valence-corrected chi connectivity index (χ2v) is 6.13. The van der Waals surface area contributed by atoms with Crippen molar-refractivity contribution in [1.29, 1.82) is 0 Å². The first-order valence-electron chi connectivity index (χ1n) is 9.08. The quantitative estimate of drug-likeness (QED) is 0.453. The highest BCUT2D eigenvalue weighted by Gasteiger charge is 2.14. The van der Waals surface area contributed by atoms with Crippen LogP contribution in [0, 0.1) is 0 Å². The van der Waals surface area contributed by atoms with E-state index >= 15 is 0 Å². The third kappa shape index (κ3) is 9.27. The molecule has 1 aromatic rings. The number of aromatic nitrogens is 3. The monoisotopic (exact) mass is 337 g/mol. The Morgan fingerprint density at radius 2 is 1.54 bits per heavy atom. The van der Waals surface area contributed by atoms with E-state index in [1.165, 1.54) is 62.4 Å². The van der Waals surface area contributed by atoms with E-state index in [1.54, 1.807) is 7.05 Å². The van der Waals surface area contributed by atoms with E-state index in [0.717, 1.165) is 12.8 Å². The molecule has 0 fully saturated rings. The number of hydrogen-bond acceptors (Lipinski definition) is 4. The maximum atomic E-state index is 11.6. The summed E-state index contributed by atoms with van der Waals surface area (Å²) in [6.45, 7) is 2.76. The summed E-state index contributed by atoms with van der Waals surface area (Å²) in [6, 6.07) is 0. The Bertz CT molecular complexity index is 487. The number of rotatable bonds is 12. The van der Waals surface area contributed by atoms with E-state index in [1.807, 2.05) is 0 Å². The van der Waals surface area contributed by atoms with E-state index < -0.39 is 11.8 Å². The summed E-state index contributed by atoms with van der Waals surface area (Å²) in [5, 5.41) is 8.87. The van der Waals surface area contributed by atoms with Gasteiger partial charge in [-0.25, -0.2) is 4.98 Å². The first-order chi connectivity index (χ1) is 11.6. The highest BCUT2D eigenvalue weighted by atomic mass is 16.2. The molecule has 0 spiro atoms. The van der Waals surface area contributed by atoms with Crippen molar-refractivity contribution in [3.63, 3.8) is 0 Å². The van der Waals surface area contributed by atoms with Gasteiger partial charge >= 0.3 is 11.8 Å². The largest absolute Gasteiger partial charge is 0.348 e. The SMILES string of the molecule is CCCCCCCCCCCCNC(=O)C(=O)Nc1ncn(C)n1. The minimum absolute atomic E-state index is 0.136. The lowest BCUT2D eigenvalue weighted by atomic mass is 10.1. The van der Waals surface area contributed by atoms with Gasteiger partial charge in [0, 0.05) is 13.6 Å². The molecule has 24 heavy (non-hydrogen) atoms. The van der Waals surface area contributed by atoms with Gasteiger partial charge in [0.2, 0.25) is 5.95 Å². The van der Waals surface area contributed by atoms with Crippen LogP contribution in [0.15, 0.2) is 6.33 Å². The average Bonchev–Trinajstić information content (AvgIpc) is 2.97. The molecular weight excluding hydrogens is 306 g/mol. The third-order valence-electron chi connectivity index (χ3n) is 3.85. The van der Waals surface area contributed by atoms with Gasteiger partial charge in [0.05, 0.1) is 0 Å². The van der Waals surface area contributed by atoms with Crippen molar-refractivity contribution in [2.24, 2.45) is 7.05 Å². The van der Waals surface area contributed by atoms with E-state index in [-0.39, 0.29) is 5.95 Å². The Kier molecular flexibility index (Phi) is 10.5. The van der Waals surface area contributed by atoms with Crippen LogP contribution >= 0.6 is 0 Å². The Morgan fingerprint density at radius 1 is 0.958 bits per heavy atom. The van der Waals surface area contributed by atoms with Crippen molar-refractivity contribution in [2.45, 2.75) is 71.1 Å². The maximum Gasteiger partial charge on any atom is 0.316 e. The summed E-state index contributed by atoms with van der Waals surface area (Å²) in [7, 11) is 1.69. The van der Waals surface area contributed by atoms with Gasteiger partial charge in [-0.2, -0.15) is 0 Å². The molecule has 0 aliphatic heterocycles. The molecule has 0 atom stereocenters. The van der Waals surface area contributed by atoms with Gasteiger partial charge in [-0.1, -0.05) is 64.7 Å². The molecule has 0 unspecified atom stereocenters. The van der Waals surface area contributed by atoms with Gasteiger partial charge in [0.15, 0.2) is 0 Å². The Morgan fingerprint density at radius 3 is 2.08 bits per heavy atom. The molecular formula is C17H31N5O2. The van der Waals surface area contributed by atoms with Gasteiger partial charge in [-0.15, -0.1) is 5.10 Å². The van der Waals surface area contributed by atoms with Crippen molar-refractivity contribution in [2.75, 3.05) is 11.9 Å². The number of carbonyl (C=O) groups excluding carboxylic acids is 2. The number of amides is 2. The number of anilines is 1. The van der Waals surface area contributed by atoms with Gasteiger partial charge < -0.3 is 5.32 Å². The zero-order valence-electron chi connectivity index (χ0n) is 15.0. The number of carbonyl (C=O) groups is 2. The maximum absolute atomic E-state index is 11.6. The number of aryl methyl sites for hydroxylation is 1. The summed E-state index contributed by atoms with van der Waals surface area (Å²) in [4.78, 5) is 27.1. The molecule has 0 saturated heterocycles. The van der Waals surface area contributed by atoms with Gasteiger partial charge in [-0.3, -0.25) is 19.6 Å². The molecule has 1 rings (SSSR count). The fourth-order valence-electron chi connectivity index (χ4n) is 2.45. The zero-order valence-corrected chi connectivity index (χ0v) is 15.0. The summed E-state index contributed by atoms with van der Waals surface area (Å²) in [6.07, 6.45) is 13.9. The van der Waals surface area contributed by atoms with E-state index in [4.69, 9.17) is 0 Å². The molecule has 1 heterocycles. The summed E-state index contributed by atoms with van der Waals surface area (Å²) >= 11 is 0.